The van der Waals surface area contributed by atoms with Crippen molar-refractivity contribution in [1.82, 2.24) is 4.72 Å². The molecule has 104 valence electrons. The Bertz CT molecular complexity index is 595. The normalized spacial score (nSPS) is 14.7. The van der Waals surface area contributed by atoms with Crippen LogP contribution in [0.25, 0.3) is 0 Å². The Kier molecular flexibility index (Phi) is 5.32. The highest BCUT2D eigenvalue weighted by Gasteiger charge is 2.23. The van der Waals surface area contributed by atoms with Crippen molar-refractivity contribution in [2.75, 3.05) is 6.61 Å². The van der Waals surface area contributed by atoms with Crippen LogP contribution < -0.4 is 4.72 Å². The molecule has 0 bridgehead atoms. The Morgan fingerprint density at radius 3 is 2.63 bits per heavy atom. The average Bonchev–Trinajstić information content (AvgIpc) is 2.37. The minimum Gasteiger partial charge on any atom is -0.396 e. The smallest absolute Gasteiger partial charge is 0.242 e. The number of nitrogens with one attached hydrogen (secondary N) is 1. The van der Waals surface area contributed by atoms with E-state index in [0.29, 0.717) is 0 Å². The van der Waals surface area contributed by atoms with Crippen LogP contribution >= 0.6 is 11.6 Å². The Labute approximate surface area is 117 Å². The highest BCUT2D eigenvalue weighted by molar-refractivity contribution is 7.89. The Morgan fingerprint density at radius 2 is 2.11 bits per heavy atom. The predicted molar refractivity (Wildman–Crippen MR) is 72.2 cm³/mol. The number of nitrogens with zero attached hydrogens (tertiary/aromatic N) is 1. The first-order valence-electron chi connectivity index (χ1n) is 5.64. The maximum atomic E-state index is 12.2. The first kappa shape index (κ1) is 15.9. The summed E-state index contributed by atoms with van der Waals surface area (Å²) in [6.07, 6.45) is 0. The molecule has 7 heteroatoms. The van der Waals surface area contributed by atoms with Crippen molar-refractivity contribution >= 4 is 21.6 Å². The van der Waals surface area contributed by atoms with E-state index in [1.54, 1.807) is 13.8 Å². The zero-order chi connectivity index (χ0) is 14.6. The van der Waals surface area contributed by atoms with Gasteiger partial charge in [0, 0.05) is 12.6 Å². The molecule has 0 aliphatic heterocycles. The number of halogens is 1. The number of aliphatic hydroxyl groups excluding tert-OH is 1. The van der Waals surface area contributed by atoms with Gasteiger partial charge in [0.2, 0.25) is 10.0 Å². The lowest BCUT2D eigenvalue weighted by Gasteiger charge is -2.19. The van der Waals surface area contributed by atoms with Crippen molar-refractivity contribution in [3.05, 3.63) is 28.8 Å². The summed E-state index contributed by atoms with van der Waals surface area (Å²) in [5.41, 5.74) is 0.215. The number of sulfonamides is 1. The van der Waals surface area contributed by atoms with Crippen LogP contribution in [0, 0.1) is 17.2 Å². The summed E-state index contributed by atoms with van der Waals surface area (Å²) in [7, 11) is -3.82. The second-order valence-electron chi connectivity index (χ2n) is 4.33. The van der Waals surface area contributed by atoms with E-state index in [4.69, 9.17) is 22.0 Å². The second-order valence-corrected chi connectivity index (χ2v) is 6.42. The zero-order valence-electron chi connectivity index (χ0n) is 10.6. The standard InChI is InChI=1S/C12H15ClN2O3S/c1-8(7-16)9(2)15-19(17,18)12-5-10(6-14)3-4-11(12)13/h3-5,8-9,15-16H,7H2,1-2H3. The number of benzene rings is 1. The van der Waals surface area contributed by atoms with Gasteiger partial charge >= 0.3 is 0 Å². The fourth-order valence-electron chi connectivity index (χ4n) is 1.36. The number of aliphatic hydroxyl groups is 1. The van der Waals surface area contributed by atoms with Gasteiger partial charge in [0.25, 0.3) is 0 Å². The number of hydrogen-bond acceptors (Lipinski definition) is 4. The summed E-state index contributed by atoms with van der Waals surface area (Å²) in [4.78, 5) is -0.134. The fraction of sp³-hybridized carbons (Fsp3) is 0.417. The molecule has 0 saturated carbocycles. The third-order valence-electron chi connectivity index (χ3n) is 2.83. The van der Waals surface area contributed by atoms with Gasteiger partial charge in [-0.15, -0.1) is 0 Å². The summed E-state index contributed by atoms with van der Waals surface area (Å²) < 4.78 is 26.8. The number of nitriles is 1. The van der Waals surface area contributed by atoms with Gasteiger partial charge in [-0.2, -0.15) is 5.26 Å². The molecule has 2 atom stereocenters. The molecule has 0 spiro atoms. The van der Waals surface area contributed by atoms with E-state index in [9.17, 15) is 8.42 Å². The minimum atomic E-state index is -3.82. The molecule has 0 amide bonds. The topological polar surface area (TPSA) is 90.2 Å². The Morgan fingerprint density at radius 1 is 1.47 bits per heavy atom. The molecule has 0 saturated heterocycles. The van der Waals surface area contributed by atoms with Crippen LogP contribution in [0.15, 0.2) is 23.1 Å². The summed E-state index contributed by atoms with van der Waals surface area (Å²) in [5, 5.41) is 17.8. The van der Waals surface area contributed by atoms with Gasteiger partial charge in [-0.05, 0) is 31.0 Å². The quantitative estimate of drug-likeness (QED) is 0.862. The van der Waals surface area contributed by atoms with Crippen molar-refractivity contribution in [1.29, 1.82) is 5.26 Å². The molecule has 0 radical (unpaired) electrons. The molecule has 0 heterocycles. The van der Waals surface area contributed by atoms with Gasteiger partial charge in [-0.1, -0.05) is 18.5 Å². The van der Waals surface area contributed by atoms with Crippen LogP contribution in [0.4, 0.5) is 0 Å². The number of rotatable bonds is 5. The third kappa shape index (κ3) is 3.91. The van der Waals surface area contributed by atoms with Crippen LogP contribution in [0.1, 0.15) is 19.4 Å². The molecular formula is C12H15ClN2O3S. The van der Waals surface area contributed by atoms with E-state index < -0.39 is 16.1 Å². The molecule has 1 rings (SSSR count). The maximum absolute atomic E-state index is 12.2. The summed E-state index contributed by atoms with van der Waals surface area (Å²) in [5.74, 6) is -0.229. The van der Waals surface area contributed by atoms with Crippen molar-refractivity contribution < 1.29 is 13.5 Å². The van der Waals surface area contributed by atoms with Crippen LogP contribution in [0.2, 0.25) is 5.02 Å². The predicted octanol–water partition coefficient (Wildman–Crippen LogP) is 1.51. The average molecular weight is 303 g/mol. The first-order chi connectivity index (χ1) is 8.81. The zero-order valence-corrected chi connectivity index (χ0v) is 12.2. The van der Waals surface area contributed by atoms with Crippen molar-refractivity contribution in [2.24, 2.45) is 5.92 Å². The molecule has 0 fully saturated rings. The maximum Gasteiger partial charge on any atom is 0.242 e. The summed E-state index contributed by atoms with van der Waals surface area (Å²) in [6.45, 7) is 3.25. The van der Waals surface area contributed by atoms with Gasteiger partial charge in [0.1, 0.15) is 4.90 Å². The minimum absolute atomic E-state index is 0.0513. The highest BCUT2D eigenvalue weighted by atomic mass is 35.5. The van der Waals surface area contributed by atoms with E-state index in [1.807, 2.05) is 6.07 Å². The fourth-order valence-corrected chi connectivity index (χ4v) is 3.24. The first-order valence-corrected chi connectivity index (χ1v) is 7.50. The molecule has 1 aromatic carbocycles. The van der Waals surface area contributed by atoms with Gasteiger partial charge in [-0.25, -0.2) is 13.1 Å². The van der Waals surface area contributed by atoms with Gasteiger partial charge < -0.3 is 5.11 Å². The van der Waals surface area contributed by atoms with E-state index in [0.717, 1.165) is 0 Å². The third-order valence-corrected chi connectivity index (χ3v) is 4.87. The largest absolute Gasteiger partial charge is 0.396 e. The van der Waals surface area contributed by atoms with Crippen molar-refractivity contribution in [3.8, 4) is 6.07 Å². The Hall–Kier alpha value is -1.13. The van der Waals surface area contributed by atoms with Crippen LogP contribution in [-0.4, -0.2) is 26.2 Å². The molecule has 0 aromatic heterocycles. The van der Waals surface area contributed by atoms with E-state index in [2.05, 4.69) is 4.72 Å². The molecule has 0 aliphatic carbocycles. The highest BCUT2D eigenvalue weighted by Crippen LogP contribution is 2.23. The van der Waals surface area contributed by atoms with Crippen LogP contribution in [0.3, 0.4) is 0 Å². The van der Waals surface area contributed by atoms with E-state index >= 15 is 0 Å². The van der Waals surface area contributed by atoms with E-state index in [-0.39, 0.29) is 28.0 Å². The SMILES string of the molecule is CC(CO)C(C)NS(=O)(=O)c1cc(C#N)ccc1Cl. The molecule has 2 N–H and O–H groups in total. The molecule has 19 heavy (non-hydrogen) atoms. The van der Waals surface area contributed by atoms with Crippen molar-refractivity contribution in [3.63, 3.8) is 0 Å². The van der Waals surface area contributed by atoms with Gasteiger partial charge in [0.05, 0.1) is 16.7 Å². The summed E-state index contributed by atoms with van der Waals surface area (Å²) >= 11 is 5.86. The molecule has 1 aromatic rings. The molecule has 0 aliphatic rings. The van der Waals surface area contributed by atoms with Gasteiger partial charge in [0.15, 0.2) is 0 Å². The lowest BCUT2D eigenvalue weighted by Crippen LogP contribution is -2.38. The van der Waals surface area contributed by atoms with Crippen LogP contribution in [-0.2, 0) is 10.0 Å². The molecular weight excluding hydrogens is 288 g/mol. The van der Waals surface area contributed by atoms with Crippen molar-refractivity contribution in [2.45, 2.75) is 24.8 Å². The number of hydrogen-bond donors (Lipinski definition) is 2. The Balaban J connectivity index is 3.11. The van der Waals surface area contributed by atoms with Crippen LogP contribution in [0.5, 0.6) is 0 Å². The monoisotopic (exact) mass is 302 g/mol. The lowest BCUT2D eigenvalue weighted by molar-refractivity contribution is 0.216. The molecule has 2 unspecified atom stereocenters. The lowest BCUT2D eigenvalue weighted by atomic mass is 10.1. The summed E-state index contributed by atoms with van der Waals surface area (Å²) in [6, 6.07) is 5.45. The second kappa shape index (κ2) is 6.35. The van der Waals surface area contributed by atoms with Gasteiger partial charge in [-0.3, -0.25) is 0 Å². The molecule has 5 nitrogen and oxygen atoms in total. The van der Waals surface area contributed by atoms with E-state index in [1.165, 1.54) is 18.2 Å².